The van der Waals surface area contributed by atoms with Crippen molar-refractivity contribution in [3.05, 3.63) is 0 Å². The first-order valence-electron chi connectivity index (χ1n) is 6.49. The van der Waals surface area contributed by atoms with Crippen molar-refractivity contribution in [1.29, 1.82) is 0 Å². The molecule has 4 nitrogen and oxygen atoms in total. The number of carboxylic acid groups (broad SMARTS) is 1. The van der Waals surface area contributed by atoms with Crippen LogP contribution in [0, 0.1) is 11.8 Å². The van der Waals surface area contributed by atoms with Crippen LogP contribution in [0.5, 0.6) is 0 Å². The van der Waals surface area contributed by atoms with Crippen LogP contribution in [0.2, 0.25) is 0 Å². The molecule has 3 atom stereocenters. The minimum Gasteiger partial charge on any atom is -0.481 e. The number of nitrogens with zero attached hydrogens (tertiary/aromatic N) is 1. The second-order valence-corrected chi connectivity index (χ2v) is 5.16. The maximum atomic E-state index is 12.0. The molecule has 1 amide bonds. The van der Waals surface area contributed by atoms with Crippen LogP contribution < -0.4 is 0 Å². The van der Waals surface area contributed by atoms with Gasteiger partial charge in [0.1, 0.15) is 0 Å². The monoisotopic (exact) mass is 241 g/mol. The highest BCUT2D eigenvalue weighted by atomic mass is 16.4. The number of rotatable bonds is 5. The minimum absolute atomic E-state index is 0.113. The average molecular weight is 241 g/mol. The molecular formula is C13H23NO3. The smallest absolute Gasteiger partial charge is 0.308 e. The van der Waals surface area contributed by atoms with Crippen LogP contribution in [0.1, 0.15) is 46.5 Å². The summed E-state index contributed by atoms with van der Waals surface area (Å²) >= 11 is 0. The van der Waals surface area contributed by atoms with E-state index in [4.69, 9.17) is 5.11 Å². The fourth-order valence-corrected chi connectivity index (χ4v) is 2.63. The first-order chi connectivity index (χ1) is 7.97. The van der Waals surface area contributed by atoms with Crippen molar-refractivity contribution in [3.8, 4) is 0 Å². The molecule has 0 aliphatic carbocycles. The normalized spacial score (nSPS) is 25.9. The lowest BCUT2D eigenvalue weighted by Gasteiger charge is -2.24. The van der Waals surface area contributed by atoms with Crippen molar-refractivity contribution in [3.63, 3.8) is 0 Å². The summed E-state index contributed by atoms with van der Waals surface area (Å²) in [6, 6.07) is -0.158. The van der Waals surface area contributed by atoms with Crippen molar-refractivity contribution >= 4 is 11.9 Å². The van der Waals surface area contributed by atoms with Gasteiger partial charge in [-0.25, -0.2) is 0 Å². The van der Waals surface area contributed by atoms with Crippen LogP contribution in [-0.2, 0) is 9.59 Å². The van der Waals surface area contributed by atoms with Crippen LogP contribution in [0.4, 0.5) is 0 Å². The molecule has 0 aromatic heterocycles. The van der Waals surface area contributed by atoms with Gasteiger partial charge in [-0.3, -0.25) is 9.59 Å². The summed E-state index contributed by atoms with van der Waals surface area (Å²) in [5.41, 5.74) is 0. The minimum atomic E-state index is -0.783. The van der Waals surface area contributed by atoms with Crippen LogP contribution >= 0.6 is 0 Å². The van der Waals surface area contributed by atoms with Gasteiger partial charge >= 0.3 is 5.97 Å². The first-order valence-corrected chi connectivity index (χ1v) is 6.49. The van der Waals surface area contributed by atoms with Gasteiger partial charge in [0.2, 0.25) is 5.91 Å². The fourth-order valence-electron chi connectivity index (χ4n) is 2.63. The lowest BCUT2D eigenvalue weighted by Crippen LogP contribution is -2.38. The van der Waals surface area contributed by atoms with Crippen LogP contribution in [0.15, 0.2) is 0 Å². The maximum Gasteiger partial charge on any atom is 0.308 e. The number of carbonyl (C=O) groups is 2. The van der Waals surface area contributed by atoms with Crippen molar-refractivity contribution in [1.82, 2.24) is 4.90 Å². The standard InChI is InChI=1S/C13H23NO3/c1-4-5-9(2)8-12(15)14-7-6-11(10(14)3)13(16)17/h9-11H,4-8H2,1-3H3,(H,16,17). The molecule has 0 aromatic rings. The largest absolute Gasteiger partial charge is 0.481 e. The Kier molecular flexibility index (Phi) is 4.97. The van der Waals surface area contributed by atoms with E-state index in [1.807, 2.05) is 6.92 Å². The average Bonchev–Trinajstić information content (AvgIpc) is 2.60. The molecule has 1 saturated heterocycles. The maximum absolute atomic E-state index is 12.0. The van der Waals surface area contributed by atoms with Gasteiger partial charge < -0.3 is 10.0 Å². The predicted octanol–water partition coefficient (Wildman–Crippen LogP) is 2.13. The molecule has 0 bridgehead atoms. The van der Waals surface area contributed by atoms with E-state index in [9.17, 15) is 9.59 Å². The highest BCUT2D eigenvalue weighted by Gasteiger charge is 2.37. The molecule has 0 radical (unpaired) electrons. The number of amides is 1. The van der Waals surface area contributed by atoms with Gasteiger partial charge in [0.05, 0.1) is 5.92 Å². The zero-order chi connectivity index (χ0) is 13.0. The van der Waals surface area contributed by atoms with E-state index in [-0.39, 0.29) is 17.9 Å². The molecule has 0 aromatic carbocycles. The van der Waals surface area contributed by atoms with Gasteiger partial charge in [0, 0.05) is 19.0 Å². The van der Waals surface area contributed by atoms with Crippen molar-refractivity contribution < 1.29 is 14.7 Å². The summed E-state index contributed by atoms with van der Waals surface area (Å²) in [7, 11) is 0. The Balaban J connectivity index is 2.51. The number of aliphatic carboxylic acids is 1. The molecule has 0 spiro atoms. The quantitative estimate of drug-likeness (QED) is 0.802. The third-order valence-corrected chi connectivity index (χ3v) is 3.70. The van der Waals surface area contributed by atoms with E-state index in [1.165, 1.54) is 0 Å². The number of carbonyl (C=O) groups excluding carboxylic acids is 1. The Morgan fingerprint density at radius 2 is 2.12 bits per heavy atom. The molecule has 1 fully saturated rings. The molecule has 1 aliphatic rings. The Labute approximate surface area is 103 Å². The van der Waals surface area contributed by atoms with E-state index in [1.54, 1.807) is 4.90 Å². The molecular weight excluding hydrogens is 218 g/mol. The molecule has 0 saturated carbocycles. The molecule has 3 unspecified atom stereocenters. The molecule has 1 N–H and O–H groups in total. The number of hydrogen-bond donors (Lipinski definition) is 1. The Morgan fingerprint density at radius 3 is 2.59 bits per heavy atom. The van der Waals surface area contributed by atoms with Crippen LogP contribution in [0.25, 0.3) is 0 Å². The fraction of sp³-hybridized carbons (Fsp3) is 0.846. The third kappa shape index (κ3) is 3.45. The second kappa shape index (κ2) is 6.03. The summed E-state index contributed by atoms with van der Waals surface area (Å²) < 4.78 is 0. The van der Waals surface area contributed by atoms with E-state index in [2.05, 4.69) is 13.8 Å². The lowest BCUT2D eigenvalue weighted by molar-refractivity contribution is -0.143. The van der Waals surface area contributed by atoms with Gasteiger partial charge in [0.25, 0.3) is 0 Å². The Bertz CT molecular complexity index is 290. The molecule has 1 aliphatic heterocycles. The summed E-state index contributed by atoms with van der Waals surface area (Å²) in [5.74, 6) is -0.666. The van der Waals surface area contributed by atoms with Crippen molar-refractivity contribution in [2.45, 2.75) is 52.5 Å². The van der Waals surface area contributed by atoms with Gasteiger partial charge in [-0.15, -0.1) is 0 Å². The van der Waals surface area contributed by atoms with E-state index in [0.717, 1.165) is 12.8 Å². The summed E-state index contributed by atoms with van der Waals surface area (Å²) in [6.07, 6.45) is 3.27. The van der Waals surface area contributed by atoms with Crippen molar-refractivity contribution in [2.75, 3.05) is 6.54 Å². The molecule has 17 heavy (non-hydrogen) atoms. The Hall–Kier alpha value is -1.06. The van der Waals surface area contributed by atoms with Gasteiger partial charge in [-0.05, 0) is 19.3 Å². The molecule has 1 rings (SSSR count). The van der Waals surface area contributed by atoms with Gasteiger partial charge in [-0.2, -0.15) is 0 Å². The lowest BCUT2D eigenvalue weighted by atomic mass is 10.00. The summed E-state index contributed by atoms with van der Waals surface area (Å²) in [5, 5.41) is 9.01. The second-order valence-electron chi connectivity index (χ2n) is 5.16. The predicted molar refractivity (Wildman–Crippen MR) is 65.6 cm³/mol. The highest BCUT2D eigenvalue weighted by Crippen LogP contribution is 2.26. The molecule has 1 heterocycles. The first kappa shape index (κ1) is 14.0. The zero-order valence-electron chi connectivity index (χ0n) is 11.0. The van der Waals surface area contributed by atoms with Gasteiger partial charge in [-0.1, -0.05) is 26.7 Å². The highest BCUT2D eigenvalue weighted by molar-refractivity contribution is 5.79. The number of likely N-dealkylation sites (tertiary alicyclic amines) is 1. The van der Waals surface area contributed by atoms with E-state index >= 15 is 0 Å². The van der Waals surface area contributed by atoms with Crippen LogP contribution in [-0.4, -0.2) is 34.5 Å². The van der Waals surface area contributed by atoms with Crippen molar-refractivity contribution in [2.24, 2.45) is 11.8 Å². The Morgan fingerprint density at radius 1 is 1.47 bits per heavy atom. The van der Waals surface area contributed by atoms with Crippen LogP contribution in [0.3, 0.4) is 0 Å². The van der Waals surface area contributed by atoms with E-state index in [0.29, 0.717) is 25.3 Å². The van der Waals surface area contributed by atoms with E-state index < -0.39 is 5.97 Å². The number of carboxylic acids is 1. The summed E-state index contributed by atoms with van der Waals surface area (Å²) in [6.45, 7) is 6.63. The number of hydrogen-bond acceptors (Lipinski definition) is 2. The molecule has 98 valence electrons. The summed E-state index contributed by atoms with van der Waals surface area (Å²) in [4.78, 5) is 24.8. The molecule has 4 heteroatoms. The zero-order valence-corrected chi connectivity index (χ0v) is 11.0. The SMILES string of the molecule is CCCC(C)CC(=O)N1CCC(C(=O)O)C1C. The van der Waals surface area contributed by atoms with Gasteiger partial charge in [0.15, 0.2) is 0 Å². The topological polar surface area (TPSA) is 57.6 Å². The third-order valence-electron chi connectivity index (χ3n) is 3.70.